The first-order valence-corrected chi connectivity index (χ1v) is 4.81. The Hall–Kier alpha value is -1.99. The Bertz CT molecular complexity index is 417. The normalized spacial score (nSPS) is 14.0. The number of benzene rings is 1. The average molecular weight is 240 g/mol. The number of carbonyl (C=O) groups is 1. The molecule has 0 unspecified atom stereocenters. The zero-order valence-electron chi connectivity index (χ0n) is 8.81. The van der Waals surface area contributed by atoms with Crippen molar-refractivity contribution >= 4 is 11.7 Å². The van der Waals surface area contributed by atoms with E-state index in [9.17, 15) is 14.9 Å². The largest absolute Gasteiger partial charge is 0.479 e. The lowest BCUT2D eigenvalue weighted by Gasteiger charge is -2.14. The van der Waals surface area contributed by atoms with Gasteiger partial charge in [0.1, 0.15) is 0 Å². The third-order valence-corrected chi connectivity index (χ3v) is 2.28. The van der Waals surface area contributed by atoms with Crippen LogP contribution < -0.4 is 5.73 Å². The van der Waals surface area contributed by atoms with Gasteiger partial charge in [0, 0.05) is 18.2 Å². The first-order valence-electron chi connectivity index (χ1n) is 4.81. The number of aliphatic hydroxyl groups excluding tert-OH is 1. The van der Waals surface area contributed by atoms with Gasteiger partial charge in [0.2, 0.25) is 0 Å². The summed E-state index contributed by atoms with van der Waals surface area (Å²) < 4.78 is 0. The van der Waals surface area contributed by atoms with Crippen LogP contribution in [0.4, 0.5) is 5.69 Å². The highest BCUT2D eigenvalue weighted by Crippen LogP contribution is 2.13. The van der Waals surface area contributed by atoms with E-state index in [-0.39, 0.29) is 12.1 Å². The van der Waals surface area contributed by atoms with E-state index in [4.69, 9.17) is 15.9 Å². The summed E-state index contributed by atoms with van der Waals surface area (Å²) in [6.45, 7) is 0. The Morgan fingerprint density at radius 1 is 1.41 bits per heavy atom. The number of carboxylic acid groups (broad SMARTS) is 1. The number of nitrogens with two attached hydrogens (primary N) is 1. The van der Waals surface area contributed by atoms with E-state index in [0.29, 0.717) is 5.56 Å². The second kappa shape index (κ2) is 5.37. The molecule has 0 radical (unpaired) electrons. The number of hydrogen-bond donors (Lipinski definition) is 3. The van der Waals surface area contributed by atoms with Crippen molar-refractivity contribution < 1.29 is 19.9 Å². The van der Waals surface area contributed by atoms with E-state index in [1.165, 1.54) is 24.3 Å². The molecule has 1 aromatic rings. The molecule has 0 spiro atoms. The lowest BCUT2D eigenvalue weighted by atomic mass is 10.0. The Kier molecular flexibility index (Phi) is 4.13. The van der Waals surface area contributed by atoms with Crippen molar-refractivity contribution in [2.45, 2.75) is 18.6 Å². The van der Waals surface area contributed by atoms with Crippen LogP contribution in [0.15, 0.2) is 24.3 Å². The molecule has 0 heterocycles. The van der Waals surface area contributed by atoms with Gasteiger partial charge in [-0.2, -0.15) is 0 Å². The van der Waals surface area contributed by atoms with Gasteiger partial charge in [-0.3, -0.25) is 10.1 Å². The predicted octanol–water partition coefficient (Wildman–Crippen LogP) is -0.0899. The molecule has 0 aromatic heterocycles. The topological polar surface area (TPSA) is 127 Å². The molecule has 0 saturated heterocycles. The maximum absolute atomic E-state index is 10.5. The van der Waals surface area contributed by atoms with Crippen LogP contribution in [0.25, 0.3) is 0 Å². The first kappa shape index (κ1) is 13.1. The summed E-state index contributed by atoms with van der Waals surface area (Å²) in [5, 5.41) is 28.1. The van der Waals surface area contributed by atoms with Crippen molar-refractivity contribution in [3.8, 4) is 0 Å². The fraction of sp³-hybridized carbons (Fsp3) is 0.300. The summed E-state index contributed by atoms with van der Waals surface area (Å²) in [7, 11) is 0. The third-order valence-electron chi connectivity index (χ3n) is 2.28. The zero-order chi connectivity index (χ0) is 13.0. The van der Waals surface area contributed by atoms with E-state index in [1.807, 2.05) is 0 Å². The molecule has 0 aliphatic rings. The number of aliphatic carboxylic acids is 1. The molecule has 0 aliphatic carbocycles. The molecule has 1 aromatic carbocycles. The highest BCUT2D eigenvalue weighted by molar-refractivity contribution is 5.72. The molecule has 17 heavy (non-hydrogen) atoms. The maximum Gasteiger partial charge on any atom is 0.334 e. The highest BCUT2D eigenvalue weighted by Gasteiger charge is 2.22. The average Bonchev–Trinajstić information content (AvgIpc) is 2.28. The summed E-state index contributed by atoms with van der Waals surface area (Å²) in [5.74, 6) is -1.39. The Labute approximate surface area is 96.6 Å². The van der Waals surface area contributed by atoms with Crippen LogP contribution in [0.3, 0.4) is 0 Å². The molecule has 0 amide bonds. The molecule has 2 atom stereocenters. The van der Waals surface area contributed by atoms with Crippen LogP contribution in [-0.4, -0.2) is 33.3 Å². The van der Waals surface area contributed by atoms with Crippen molar-refractivity contribution in [3.05, 3.63) is 39.9 Å². The molecule has 1 rings (SSSR count). The van der Waals surface area contributed by atoms with Crippen LogP contribution >= 0.6 is 0 Å². The SMILES string of the molecule is N[C@H](Cc1ccc([N+](=O)[O-])cc1)[C@@H](O)C(=O)O. The van der Waals surface area contributed by atoms with Crippen molar-refractivity contribution in [1.29, 1.82) is 0 Å². The summed E-state index contributed by atoms with van der Waals surface area (Å²) in [4.78, 5) is 20.3. The highest BCUT2D eigenvalue weighted by atomic mass is 16.6. The molecule has 92 valence electrons. The fourth-order valence-corrected chi connectivity index (χ4v) is 1.32. The van der Waals surface area contributed by atoms with E-state index in [1.54, 1.807) is 0 Å². The number of nitro benzene ring substituents is 1. The van der Waals surface area contributed by atoms with Gasteiger partial charge in [-0.05, 0) is 12.0 Å². The molecular formula is C10H12N2O5. The lowest BCUT2D eigenvalue weighted by Crippen LogP contribution is -2.41. The van der Waals surface area contributed by atoms with Crippen molar-refractivity contribution in [3.63, 3.8) is 0 Å². The third kappa shape index (κ3) is 3.51. The van der Waals surface area contributed by atoms with Crippen LogP contribution in [-0.2, 0) is 11.2 Å². The minimum Gasteiger partial charge on any atom is -0.479 e. The lowest BCUT2D eigenvalue weighted by molar-refractivity contribution is -0.384. The van der Waals surface area contributed by atoms with Gasteiger partial charge < -0.3 is 15.9 Å². The van der Waals surface area contributed by atoms with E-state index in [2.05, 4.69) is 0 Å². The number of aliphatic hydroxyl groups is 1. The molecule has 0 saturated carbocycles. The van der Waals surface area contributed by atoms with Gasteiger partial charge in [-0.15, -0.1) is 0 Å². The van der Waals surface area contributed by atoms with Crippen molar-refractivity contribution in [2.24, 2.45) is 5.73 Å². The smallest absolute Gasteiger partial charge is 0.334 e. The molecular weight excluding hydrogens is 228 g/mol. The molecule has 7 nitrogen and oxygen atoms in total. The molecule has 4 N–H and O–H groups in total. The van der Waals surface area contributed by atoms with Gasteiger partial charge in [0.25, 0.3) is 5.69 Å². The second-order valence-corrected chi connectivity index (χ2v) is 3.57. The maximum atomic E-state index is 10.5. The Balaban J connectivity index is 2.69. The number of hydrogen-bond acceptors (Lipinski definition) is 5. The van der Waals surface area contributed by atoms with Gasteiger partial charge in [-0.25, -0.2) is 4.79 Å². The Morgan fingerprint density at radius 2 is 1.94 bits per heavy atom. The summed E-state index contributed by atoms with van der Waals surface area (Å²) >= 11 is 0. The molecule has 0 bridgehead atoms. The molecule has 0 fully saturated rings. The quantitative estimate of drug-likeness (QED) is 0.487. The predicted molar refractivity (Wildman–Crippen MR) is 58.4 cm³/mol. The number of carboxylic acids is 1. The summed E-state index contributed by atoms with van der Waals surface area (Å²) in [6.07, 6.45) is -1.52. The minimum atomic E-state index is -1.65. The number of rotatable bonds is 5. The zero-order valence-corrected chi connectivity index (χ0v) is 8.81. The van der Waals surface area contributed by atoms with Crippen molar-refractivity contribution in [1.82, 2.24) is 0 Å². The van der Waals surface area contributed by atoms with E-state index in [0.717, 1.165) is 0 Å². The van der Waals surface area contributed by atoms with Gasteiger partial charge >= 0.3 is 5.97 Å². The number of non-ortho nitro benzene ring substituents is 1. The monoisotopic (exact) mass is 240 g/mol. The van der Waals surface area contributed by atoms with Gasteiger partial charge in [0.05, 0.1) is 4.92 Å². The summed E-state index contributed by atoms with van der Waals surface area (Å²) in [6, 6.07) is 4.61. The van der Waals surface area contributed by atoms with E-state index < -0.39 is 23.0 Å². The van der Waals surface area contributed by atoms with Gasteiger partial charge in [-0.1, -0.05) is 12.1 Å². The molecule has 0 aliphatic heterocycles. The second-order valence-electron chi connectivity index (χ2n) is 3.57. The van der Waals surface area contributed by atoms with Crippen LogP contribution in [0.5, 0.6) is 0 Å². The van der Waals surface area contributed by atoms with E-state index >= 15 is 0 Å². The number of nitro groups is 1. The van der Waals surface area contributed by atoms with Crippen LogP contribution in [0, 0.1) is 10.1 Å². The van der Waals surface area contributed by atoms with Crippen molar-refractivity contribution in [2.75, 3.05) is 0 Å². The van der Waals surface area contributed by atoms with Crippen LogP contribution in [0.1, 0.15) is 5.56 Å². The van der Waals surface area contributed by atoms with Gasteiger partial charge in [0.15, 0.2) is 6.10 Å². The summed E-state index contributed by atoms with van der Waals surface area (Å²) in [5.41, 5.74) is 6.06. The fourth-order valence-electron chi connectivity index (χ4n) is 1.32. The molecule has 7 heteroatoms. The van der Waals surface area contributed by atoms with Crippen LogP contribution in [0.2, 0.25) is 0 Å². The Morgan fingerprint density at radius 3 is 2.35 bits per heavy atom. The minimum absolute atomic E-state index is 0.0545. The number of nitrogens with zero attached hydrogens (tertiary/aromatic N) is 1. The first-order chi connectivity index (χ1) is 7.91. The standard InChI is InChI=1S/C10H12N2O5/c11-8(9(13)10(14)15)5-6-1-3-7(4-2-6)12(16)17/h1-4,8-9,13H,5,11H2,(H,14,15)/t8-,9-/m1/s1.